The molecule has 0 spiro atoms. The first kappa shape index (κ1) is 13.1. The van der Waals surface area contributed by atoms with Crippen molar-refractivity contribution in [3.05, 3.63) is 69.9 Å². The number of hydrogen-bond donors (Lipinski definition) is 2. The van der Waals surface area contributed by atoms with Crippen molar-refractivity contribution in [2.24, 2.45) is 0 Å². The third-order valence-corrected chi connectivity index (χ3v) is 3.43. The average Bonchev–Trinajstić information content (AvgIpc) is 2.48. The van der Waals surface area contributed by atoms with E-state index < -0.39 is 11.4 Å². The average molecular weight is 279 g/mol. The predicted octanol–water partition coefficient (Wildman–Crippen LogP) is 3.20. The Hall–Kier alpha value is -2.88. The van der Waals surface area contributed by atoms with Gasteiger partial charge in [0.2, 0.25) is 5.43 Å². The van der Waals surface area contributed by atoms with Gasteiger partial charge in [-0.25, -0.2) is 4.79 Å². The number of aromatic amines is 1. The number of aromatic nitrogens is 1. The number of carbonyl (C=O) groups is 1. The molecule has 0 saturated heterocycles. The van der Waals surface area contributed by atoms with E-state index in [1.165, 1.54) is 0 Å². The molecule has 0 atom stereocenters. The zero-order chi connectivity index (χ0) is 15.0. The lowest BCUT2D eigenvalue weighted by molar-refractivity contribution is 0.0696. The second-order valence-corrected chi connectivity index (χ2v) is 4.92. The van der Waals surface area contributed by atoms with Crippen LogP contribution >= 0.6 is 0 Å². The third-order valence-electron chi connectivity index (χ3n) is 3.43. The molecule has 4 nitrogen and oxygen atoms in total. The number of aryl methyl sites for hydroxylation is 1. The molecule has 0 aliphatic rings. The van der Waals surface area contributed by atoms with E-state index in [-0.39, 0.29) is 5.56 Å². The lowest BCUT2D eigenvalue weighted by atomic mass is 10.0. The van der Waals surface area contributed by atoms with Gasteiger partial charge in [-0.1, -0.05) is 42.0 Å². The van der Waals surface area contributed by atoms with E-state index in [1.54, 1.807) is 36.4 Å². The van der Waals surface area contributed by atoms with Crippen molar-refractivity contribution in [3.63, 3.8) is 0 Å². The number of nitrogens with one attached hydrogen (secondary N) is 1. The fraction of sp³-hybridized carbons (Fsp3) is 0.0588. The molecule has 0 amide bonds. The molecule has 0 fully saturated rings. The monoisotopic (exact) mass is 279 g/mol. The highest BCUT2D eigenvalue weighted by atomic mass is 16.4. The fourth-order valence-electron chi connectivity index (χ4n) is 2.43. The summed E-state index contributed by atoms with van der Waals surface area (Å²) in [6, 6.07) is 14.4. The Kier molecular flexibility index (Phi) is 3.06. The second kappa shape index (κ2) is 4.90. The van der Waals surface area contributed by atoms with Gasteiger partial charge >= 0.3 is 5.97 Å². The maximum absolute atomic E-state index is 12.5. The molecule has 1 heterocycles. The zero-order valence-electron chi connectivity index (χ0n) is 11.4. The van der Waals surface area contributed by atoms with Gasteiger partial charge in [0, 0.05) is 10.9 Å². The zero-order valence-corrected chi connectivity index (χ0v) is 11.4. The Labute approximate surface area is 120 Å². The van der Waals surface area contributed by atoms with Crippen LogP contribution in [0.1, 0.15) is 15.9 Å². The minimum atomic E-state index is -1.22. The maximum atomic E-state index is 12.5. The molecule has 104 valence electrons. The highest BCUT2D eigenvalue weighted by molar-refractivity contribution is 5.99. The summed E-state index contributed by atoms with van der Waals surface area (Å²) in [5.74, 6) is -1.22. The van der Waals surface area contributed by atoms with Crippen molar-refractivity contribution in [1.29, 1.82) is 0 Å². The summed E-state index contributed by atoms with van der Waals surface area (Å²) in [6.45, 7) is 1.87. The van der Waals surface area contributed by atoms with Gasteiger partial charge in [0.25, 0.3) is 0 Å². The molecule has 2 aromatic carbocycles. The summed E-state index contributed by atoms with van der Waals surface area (Å²) in [7, 11) is 0. The summed E-state index contributed by atoms with van der Waals surface area (Å²) in [5, 5.41) is 9.81. The van der Waals surface area contributed by atoms with Crippen molar-refractivity contribution >= 4 is 16.9 Å². The number of H-pyrrole nitrogens is 1. The van der Waals surface area contributed by atoms with Gasteiger partial charge < -0.3 is 10.1 Å². The molecule has 0 radical (unpaired) electrons. The number of pyridine rings is 1. The smallest absolute Gasteiger partial charge is 0.341 e. The summed E-state index contributed by atoms with van der Waals surface area (Å²) >= 11 is 0. The van der Waals surface area contributed by atoms with Crippen LogP contribution in [0.4, 0.5) is 0 Å². The first-order chi connectivity index (χ1) is 10.1. The van der Waals surface area contributed by atoms with E-state index in [1.807, 2.05) is 19.1 Å². The Morgan fingerprint density at radius 2 is 1.81 bits per heavy atom. The molecule has 0 saturated carbocycles. The van der Waals surface area contributed by atoms with Crippen LogP contribution < -0.4 is 5.43 Å². The maximum Gasteiger partial charge on any atom is 0.341 e. The summed E-state index contributed by atoms with van der Waals surface area (Å²) in [4.78, 5) is 27.1. The third kappa shape index (κ3) is 2.21. The van der Waals surface area contributed by atoms with Crippen LogP contribution in [0.15, 0.2) is 53.3 Å². The molecule has 0 aliphatic heterocycles. The molecule has 2 N–H and O–H groups in total. The molecule has 0 bridgehead atoms. The van der Waals surface area contributed by atoms with Crippen LogP contribution in [-0.4, -0.2) is 16.1 Å². The van der Waals surface area contributed by atoms with Gasteiger partial charge in [-0.15, -0.1) is 0 Å². The molecule has 3 aromatic rings. The number of aromatic carboxylic acids is 1. The number of rotatable bonds is 2. The van der Waals surface area contributed by atoms with Crippen LogP contribution in [0, 0.1) is 6.92 Å². The van der Waals surface area contributed by atoms with Gasteiger partial charge in [-0.2, -0.15) is 0 Å². The summed E-state index contributed by atoms with van der Waals surface area (Å²) < 4.78 is 0. The molecular weight excluding hydrogens is 266 g/mol. The highest BCUT2D eigenvalue weighted by Gasteiger charge is 2.19. The van der Waals surface area contributed by atoms with Gasteiger partial charge in [0.1, 0.15) is 5.56 Å². The van der Waals surface area contributed by atoms with Crippen molar-refractivity contribution in [2.75, 3.05) is 0 Å². The minimum absolute atomic E-state index is 0.223. The molecular formula is C17H13NO3. The molecule has 4 heteroatoms. The minimum Gasteiger partial charge on any atom is -0.477 e. The lowest BCUT2D eigenvalue weighted by Gasteiger charge is -2.09. The SMILES string of the molecule is Cc1ccc2[nH]c(-c3ccccc3)c(C(=O)O)c(=O)c2c1. The van der Waals surface area contributed by atoms with Crippen molar-refractivity contribution in [1.82, 2.24) is 4.98 Å². The molecule has 1 aromatic heterocycles. The van der Waals surface area contributed by atoms with E-state index in [9.17, 15) is 14.7 Å². The Morgan fingerprint density at radius 3 is 2.48 bits per heavy atom. The van der Waals surface area contributed by atoms with Gasteiger partial charge in [0.05, 0.1) is 5.69 Å². The van der Waals surface area contributed by atoms with E-state index in [0.29, 0.717) is 22.2 Å². The predicted molar refractivity (Wildman–Crippen MR) is 81.7 cm³/mol. The van der Waals surface area contributed by atoms with E-state index in [2.05, 4.69) is 4.98 Å². The molecule has 21 heavy (non-hydrogen) atoms. The summed E-state index contributed by atoms with van der Waals surface area (Å²) in [6.07, 6.45) is 0. The number of hydrogen-bond acceptors (Lipinski definition) is 2. The van der Waals surface area contributed by atoms with Gasteiger partial charge in [-0.3, -0.25) is 4.79 Å². The number of carboxylic acids is 1. The summed E-state index contributed by atoms with van der Waals surface area (Å²) in [5.41, 5.74) is 1.88. The van der Waals surface area contributed by atoms with Crippen LogP contribution in [0.3, 0.4) is 0 Å². The van der Waals surface area contributed by atoms with E-state index in [0.717, 1.165) is 5.56 Å². The van der Waals surface area contributed by atoms with Crippen LogP contribution in [0.5, 0.6) is 0 Å². The van der Waals surface area contributed by atoms with Crippen molar-refractivity contribution < 1.29 is 9.90 Å². The van der Waals surface area contributed by atoms with Crippen LogP contribution in [-0.2, 0) is 0 Å². The Morgan fingerprint density at radius 1 is 1.10 bits per heavy atom. The van der Waals surface area contributed by atoms with E-state index in [4.69, 9.17) is 0 Å². The lowest BCUT2D eigenvalue weighted by Crippen LogP contribution is -2.18. The van der Waals surface area contributed by atoms with Crippen LogP contribution in [0.25, 0.3) is 22.2 Å². The number of fused-ring (bicyclic) bond motifs is 1. The van der Waals surface area contributed by atoms with Gasteiger partial charge in [0.15, 0.2) is 0 Å². The Bertz CT molecular complexity index is 895. The van der Waals surface area contributed by atoms with E-state index >= 15 is 0 Å². The first-order valence-electron chi connectivity index (χ1n) is 6.53. The largest absolute Gasteiger partial charge is 0.477 e. The normalized spacial score (nSPS) is 10.7. The topological polar surface area (TPSA) is 70.2 Å². The van der Waals surface area contributed by atoms with Crippen molar-refractivity contribution in [3.8, 4) is 11.3 Å². The number of carboxylic acid groups (broad SMARTS) is 1. The molecule has 0 aliphatic carbocycles. The molecule has 0 unspecified atom stereocenters. The van der Waals surface area contributed by atoms with Crippen LogP contribution in [0.2, 0.25) is 0 Å². The standard InChI is InChI=1S/C17H13NO3/c1-10-7-8-13-12(9-10)16(19)14(17(20)21)15(18-13)11-5-3-2-4-6-11/h2-9H,1H3,(H,18,19)(H,20,21). The second-order valence-electron chi connectivity index (χ2n) is 4.92. The van der Waals surface area contributed by atoms with Crippen molar-refractivity contribution in [2.45, 2.75) is 6.92 Å². The quantitative estimate of drug-likeness (QED) is 0.756. The fourth-order valence-corrected chi connectivity index (χ4v) is 2.43. The Balaban J connectivity index is 2.45. The highest BCUT2D eigenvalue weighted by Crippen LogP contribution is 2.22. The number of benzene rings is 2. The first-order valence-corrected chi connectivity index (χ1v) is 6.53. The molecule has 3 rings (SSSR count). The van der Waals surface area contributed by atoms with Gasteiger partial charge in [-0.05, 0) is 24.6 Å².